The van der Waals surface area contributed by atoms with Gasteiger partial charge in [-0.1, -0.05) is 0 Å². The van der Waals surface area contributed by atoms with Crippen LogP contribution in [0.4, 0.5) is 18.9 Å². The number of hydrogen-bond acceptors (Lipinski definition) is 4. The van der Waals surface area contributed by atoms with Crippen molar-refractivity contribution < 1.29 is 22.6 Å². The van der Waals surface area contributed by atoms with E-state index in [0.717, 1.165) is 6.07 Å². The number of alkyl halides is 3. The number of halogens is 3. The van der Waals surface area contributed by atoms with Crippen LogP contribution in [0.15, 0.2) is 18.2 Å². The van der Waals surface area contributed by atoms with E-state index in [0.29, 0.717) is 30.1 Å². The molecule has 0 saturated carbocycles. The first kappa shape index (κ1) is 15.2. The molecule has 0 aliphatic rings. The van der Waals surface area contributed by atoms with Crippen molar-refractivity contribution in [3.8, 4) is 11.5 Å². The Balaban J connectivity index is 2.66. The van der Waals surface area contributed by atoms with Gasteiger partial charge in [-0.3, -0.25) is 0 Å². The van der Waals surface area contributed by atoms with Gasteiger partial charge in [-0.2, -0.15) is 13.2 Å². The van der Waals surface area contributed by atoms with Gasteiger partial charge < -0.3 is 15.2 Å². The Labute approximate surface area is 119 Å². The van der Waals surface area contributed by atoms with Crippen molar-refractivity contribution in [2.75, 3.05) is 18.9 Å². The maximum absolute atomic E-state index is 12.8. The van der Waals surface area contributed by atoms with Crippen molar-refractivity contribution in [2.24, 2.45) is 0 Å². The monoisotopic (exact) mass is 300 g/mol. The van der Waals surface area contributed by atoms with E-state index >= 15 is 0 Å². The van der Waals surface area contributed by atoms with Gasteiger partial charge in [-0.05, 0) is 26.0 Å². The van der Waals surface area contributed by atoms with Crippen LogP contribution in [0.2, 0.25) is 0 Å². The Morgan fingerprint density at radius 3 is 2.14 bits per heavy atom. The summed E-state index contributed by atoms with van der Waals surface area (Å²) < 4.78 is 49.1. The fourth-order valence-electron chi connectivity index (χ4n) is 1.94. The second kappa shape index (κ2) is 5.67. The Morgan fingerprint density at radius 2 is 1.62 bits per heavy atom. The lowest BCUT2D eigenvalue weighted by molar-refractivity contribution is -0.140. The normalized spacial score (nSPS) is 11.7. The van der Waals surface area contributed by atoms with Gasteiger partial charge in [-0.25, -0.2) is 4.98 Å². The highest BCUT2D eigenvalue weighted by atomic mass is 19.4. The molecular weight excluding hydrogens is 285 g/mol. The van der Waals surface area contributed by atoms with Crippen molar-refractivity contribution >= 4 is 16.6 Å². The summed E-state index contributed by atoms with van der Waals surface area (Å²) in [7, 11) is 0. The molecule has 1 heterocycles. The molecule has 1 aromatic carbocycles. The molecule has 0 unspecified atom stereocenters. The summed E-state index contributed by atoms with van der Waals surface area (Å²) in [6.45, 7) is 4.34. The zero-order chi connectivity index (χ0) is 15.6. The topological polar surface area (TPSA) is 57.4 Å². The number of aromatic nitrogens is 1. The maximum Gasteiger partial charge on any atom is 0.433 e. The summed E-state index contributed by atoms with van der Waals surface area (Å²) in [5.41, 5.74) is 4.79. The summed E-state index contributed by atoms with van der Waals surface area (Å²) in [6.07, 6.45) is -4.55. The van der Waals surface area contributed by atoms with E-state index in [9.17, 15) is 13.2 Å². The number of anilines is 1. The highest BCUT2D eigenvalue weighted by molar-refractivity contribution is 5.92. The van der Waals surface area contributed by atoms with Gasteiger partial charge >= 0.3 is 6.18 Å². The Bertz CT molecular complexity index is 657. The number of nitrogens with zero attached hydrogens (tertiary/aromatic N) is 1. The van der Waals surface area contributed by atoms with Crippen LogP contribution in [0.5, 0.6) is 11.5 Å². The highest BCUT2D eigenvalue weighted by Crippen LogP contribution is 2.37. The van der Waals surface area contributed by atoms with Gasteiger partial charge in [0.15, 0.2) is 11.5 Å². The largest absolute Gasteiger partial charge is 0.490 e. The molecule has 0 radical (unpaired) electrons. The molecule has 2 aromatic rings. The number of pyridine rings is 1. The third-order valence-electron chi connectivity index (χ3n) is 2.80. The van der Waals surface area contributed by atoms with Crippen molar-refractivity contribution in [3.05, 3.63) is 23.9 Å². The number of benzene rings is 1. The number of nitrogens with two attached hydrogens (primary N) is 1. The zero-order valence-corrected chi connectivity index (χ0v) is 11.6. The van der Waals surface area contributed by atoms with Gasteiger partial charge in [0.1, 0.15) is 5.69 Å². The number of rotatable bonds is 4. The van der Waals surface area contributed by atoms with Crippen LogP contribution in [0, 0.1) is 0 Å². The molecule has 2 rings (SSSR count). The van der Waals surface area contributed by atoms with E-state index in [2.05, 4.69) is 4.98 Å². The Kier molecular flexibility index (Phi) is 4.11. The average molecular weight is 300 g/mol. The predicted molar refractivity (Wildman–Crippen MR) is 73.5 cm³/mol. The second-order valence-corrected chi connectivity index (χ2v) is 4.28. The first-order valence-corrected chi connectivity index (χ1v) is 6.43. The van der Waals surface area contributed by atoms with Gasteiger partial charge in [0.2, 0.25) is 0 Å². The second-order valence-electron chi connectivity index (χ2n) is 4.28. The van der Waals surface area contributed by atoms with Crippen LogP contribution in [-0.4, -0.2) is 18.2 Å². The van der Waals surface area contributed by atoms with Crippen LogP contribution >= 0.6 is 0 Å². The van der Waals surface area contributed by atoms with Crippen molar-refractivity contribution in [1.82, 2.24) is 4.98 Å². The smallest absolute Gasteiger partial charge is 0.433 e. The summed E-state index contributed by atoms with van der Waals surface area (Å²) in [5, 5.41) is 0.398. The molecule has 2 N–H and O–H groups in total. The van der Waals surface area contributed by atoms with Crippen molar-refractivity contribution in [3.63, 3.8) is 0 Å². The third-order valence-corrected chi connectivity index (χ3v) is 2.80. The molecule has 114 valence electrons. The van der Waals surface area contributed by atoms with Crippen molar-refractivity contribution in [1.29, 1.82) is 0 Å². The maximum atomic E-state index is 12.8. The minimum absolute atomic E-state index is 0.00340. The van der Waals surface area contributed by atoms with Crippen LogP contribution in [0.3, 0.4) is 0 Å². The Morgan fingerprint density at radius 1 is 1.05 bits per heavy atom. The van der Waals surface area contributed by atoms with E-state index in [1.54, 1.807) is 19.9 Å². The standard InChI is InChI=1S/C14H15F3N2O2/c1-3-20-11-5-8-9(18)6-13(14(15,16)17)19-10(8)7-12(11)21-4-2/h5-7H,3-4H2,1-2H3,(H2,18,19). The molecule has 0 bridgehead atoms. The van der Waals surface area contributed by atoms with E-state index in [1.807, 2.05) is 0 Å². The molecule has 0 fully saturated rings. The number of nitrogen functional groups attached to an aromatic ring is 1. The molecule has 0 aliphatic heterocycles. The average Bonchev–Trinajstić information content (AvgIpc) is 2.39. The number of hydrogen-bond donors (Lipinski definition) is 1. The van der Waals surface area contributed by atoms with Crippen LogP contribution in [0.1, 0.15) is 19.5 Å². The molecule has 0 spiro atoms. The van der Waals surface area contributed by atoms with Crippen LogP contribution in [-0.2, 0) is 6.18 Å². The summed E-state index contributed by atoms with van der Waals surface area (Å²) in [4.78, 5) is 3.61. The Hall–Kier alpha value is -2.18. The highest BCUT2D eigenvalue weighted by Gasteiger charge is 2.33. The molecule has 7 heteroatoms. The van der Waals surface area contributed by atoms with Gasteiger partial charge in [0.05, 0.1) is 18.7 Å². The quantitative estimate of drug-likeness (QED) is 0.936. The molecule has 1 aromatic heterocycles. The van der Waals surface area contributed by atoms with Crippen LogP contribution in [0.25, 0.3) is 10.9 Å². The molecule has 0 saturated heterocycles. The van der Waals surface area contributed by atoms with E-state index in [4.69, 9.17) is 15.2 Å². The fraction of sp³-hybridized carbons (Fsp3) is 0.357. The van der Waals surface area contributed by atoms with E-state index in [-0.39, 0.29) is 11.2 Å². The third kappa shape index (κ3) is 3.12. The summed E-state index contributed by atoms with van der Waals surface area (Å²) >= 11 is 0. The predicted octanol–water partition coefficient (Wildman–Crippen LogP) is 3.63. The molecule has 0 aliphatic carbocycles. The van der Waals surface area contributed by atoms with Crippen LogP contribution < -0.4 is 15.2 Å². The fourth-order valence-corrected chi connectivity index (χ4v) is 1.94. The van der Waals surface area contributed by atoms with Crippen molar-refractivity contribution in [2.45, 2.75) is 20.0 Å². The molecule has 21 heavy (non-hydrogen) atoms. The number of ether oxygens (including phenoxy) is 2. The minimum Gasteiger partial charge on any atom is -0.490 e. The molecule has 4 nitrogen and oxygen atoms in total. The summed E-state index contributed by atoms with van der Waals surface area (Å²) in [6, 6.07) is 3.78. The van der Waals surface area contributed by atoms with E-state index in [1.165, 1.54) is 6.07 Å². The lowest BCUT2D eigenvalue weighted by Crippen LogP contribution is -2.09. The SMILES string of the molecule is CCOc1cc2nc(C(F)(F)F)cc(N)c2cc1OCC. The first-order chi connectivity index (χ1) is 9.86. The zero-order valence-electron chi connectivity index (χ0n) is 11.6. The number of fused-ring (bicyclic) bond motifs is 1. The lowest BCUT2D eigenvalue weighted by Gasteiger charge is -2.14. The van der Waals surface area contributed by atoms with Gasteiger partial charge in [-0.15, -0.1) is 0 Å². The molecule has 0 atom stereocenters. The van der Waals surface area contributed by atoms with Gasteiger partial charge in [0.25, 0.3) is 0 Å². The first-order valence-electron chi connectivity index (χ1n) is 6.43. The molecule has 0 amide bonds. The van der Waals surface area contributed by atoms with Gasteiger partial charge in [0, 0.05) is 17.1 Å². The van der Waals surface area contributed by atoms with E-state index < -0.39 is 11.9 Å². The lowest BCUT2D eigenvalue weighted by atomic mass is 10.1. The minimum atomic E-state index is -4.55. The molecular formula is C14H15F3N2O2. The summed E-state index contributed by atoms with van der Waals surface area (Å²) in [5.74, 6) is 0.776.